The number of rotatable bonds is 4. The lowest BCUT2D eigenvalue weighted by molar-refractivity contribution is -0.151. The first-order valence-electron chi connectivity index (χ1n) is 4.72. The zero-order chi connectivity index (χ0) is 11.4. The largest absolute Gasteiger partial charge is 0.469 e. The van der Waals surface area contributed by atoms with Crippen molar-refractivity contribution in [2.75, 3.05) is 7.11 Å². The summed E-state index contributed by atoms with van der Waals surface area (Å²) in [5.41, 5.74) is 1.63. The van der Waals surface area contributed by atoms with Gasteiger partial charge in [-0.1, -0.05) is 13.8 Å². The van der Waals surface area contributed by atoms with E-state index in [0.29, 0.717) is 4.88 Å². The van der Waals surface area contributed by atoms with Gasteiger partial charge >= 0.3 is 5.97 Å². The topological polar surface area (TPSA) is 59.4 Å². The van der Waals surface area contributed by atoms with Crippen molar-refractivity contribution in [3.8, 4) is 0 Å². The average molecular weight is 229 g/mol. The fourth-order valence-corrected chi connectivity index (χ4v) is 2.10. The Bertz CT molecular complexity index is 310. The molecule has 0 aliphatic carbocycles. The Kier molecular flexibility index (Phi) is 4.23. The number of hydrogen-bond acceptors (Lipinski definition) is 5. The highest BCUT2D eigenvalue weighted by Gasteiger charge is 2.32. The molecule has 0 radical (unpaired) electrons. The molecule has 0 saturated carbocycles. The molecule has 4 nitrogen and oxygen atoms in total. The predicted molar refractivity (Wildman–Crippen MR) is 57.4 cm³/mol. The smallest absolute Gasteiger partial charge is 0.311 e. The van der Waals surface area contributed by atoms with Crippen molar-refractivity contribution in [1.29, 1.82) is 0 Å². The Morgan fingerprint density at radius 1 is 1.60 bits per heavy atom. The minimum absolute atomic E-state index is 0.0227. The van der Waals surface area contributed by atoms with Crippen LogP contribution in [0.1, 0.15) is 24.8 Å². The number of aliphatic hydroxyl groups is 1. The normalized spacial score (nSPS) is 15.0. The standard InChI is InChI=1S/C10H15NO3S/c1-6(2)8(10(13)14-3)9(12)7-4-11-5-15-7/h4-6,8-9,12H,1-3H3. The molecule has 0 aliphatic rings. The van der Waals surface area contributed by atoms with Crippen LogP contribution < -0.4 is 0 Å². The molecule has 0 fully saturated rings. The number of carbonyl (C=O) groups excluding carboxylic acids is 1. The Morgan fingerprint density at radius 2 is 2.27 bits per heavy atom. The summed E-state index contributed by atoms with van der Waals surface area (Å²) in [6.45, 7) is 3.76. The Hall–Kier alpha value is -0.940. The third-order valence-electron chi connectivity index (χ3n) is 2.27. The lowest BCUT2D eigenvalue weighted by Gasteiger charge is -2.22. The molecule has 5 heteroatoms. The number of nitrogens with zero attached hydrogens (tertiary/aromatic N) is 1. The molecule has 0 saturated heterocycles. The van der Waals surface area contributed by atoms with Gasteiger partial charge in [0.05, 0.1) is 23.4 Å². The Balaban J connectivity index is 2.85. The van der Waals surface area contributed by atoms with Crippen molar-refractivity contribution in [2.24, 2.45) is 11.8 Å². The second-order valence-electron chi connectivity index (χ2n) is 3.64. The molecule has 1 N–H and O–H groups in total. The SMILES string of the molecule is COC(=O)C(C(C)C)C(O)c1cncs1. The molecule has 1 aromatic rings. The van der Waals surface area contributed by atoms with E-state index in [2.05, 4.69) is 9.72 Å². The quantitative estimate of drug-likeness (QED) is 0.797. The lowest BCUT2D eigenvalue weighted by atomic mass is 9.90. The first-order chi connectivity index (χ1) is 7.07. The summed E-state index contributed by atoms with van der Waals surface area (Å²) in [7, 11) is 1.33. The highest BCUT2D eigenvalue weighted by atomic mass is 32.1. The van der Waals surface area contributed by atoms with Crippen LogP contribution in [0.25, 0.3) is 0 Å². The van der Waals surface area contributed by atoms with Crippen LogP contribution in [0.5, 0.6) is 0 Å². The van der Waals surface area contributed by atoms with Gasteiger partial charge in [0.1, 0.15) is 6.10 Å². The van der Waals surface area contributed by atoms with Crippen molar-refractivity contribution in [3.63, 3.8) is 0 Å². The molecular formula is C10H15NO3S. The summed E-state index contributed by atoms with van der Waals surface area (Å²) in [5.74, 6) is -0.893. The number of esters is 1. The van der Waals surface area contributed by atoms with E-state index in [0.717, 1.165) is 0 Å². The van der Waals surface area contributed by atoms with E-state index in [-0.39, 0.29) is 11.9 Å². The summed E-state index contributed by atoms with van der Waals surface area (Å²) in [6.07, 6.45) is 0.748. The highest BCUT2D eigenvalue weighted by Crippen LogP contribution is 2.30. The number of carbonyl (C=O) groups is 1. The van der Waals surface area contributed by atoms with Crippen LogP contribution in [-0.2, 0) is 9.53 Å². The van der Waals surface area contributed by atoms with Crippen molar-refractivity contribution in [1.82, 2.24) is 4.98 Å². The third kappa shape index (κ3) is 2.76. The summed E-state index contributed by atoms with van der Waals surface area (Å²) in [6, 6.07) is 0. The monoisotopic (exact) mass is 229 g/mol. The molecule has 1 rings (SSSR count). The average Bonchev–Trinajstić information content (AvgIpc) is 2.69. The fourth-order valence-electron chi connectivity index (χ4n) is 1.45. The minimum Gasteiger partial charge on any atom is -0.469 e. The Morgan fingerprint density at radius 3 is 2.67 bits per heavy atom. The zero-order valence-corrected chi connectivity index (χ0v) is 9.82. The van der Waals surface area contributed by atoms with Crippen LogP contribution in [0.2, 0.25) is 0 Å². The number of hydrogen-bond donors (Lipinski definition) is 1. The van der Waals surface area contributed by atoms with Gasteiger partial charge in [-0.3, -0.25) is 9.78 Å². The number of aromatic nitrogens is 1. The molecule has 0 spiro atoms. The van der Waals surface area contributed by atoms with Crippen molar-refractivity contribution >= 4 is 17.3 Å². The number of thiazole rings is 1. The van der Waals surface area contributed by atoms with Crippen LogP contribution in [-0.4, -0.2) is 23.2 Å². The van der Waals surface area contributed by atoms with Gasteiger partial charge in [0.15, 0.2) is 0 Å². The third-order valence-corrected chi connectivity index (χ3v) is 3.12. The van der Waals surface area contributed by atoms with Gasteiger partial charge in [0.2, 0.25) is 0 Å². The number of methoxy groups -OCH3 is 1. The highest BCUT2D eigenvalue weighted by molar-refractivity contribution is 7.09. The minimum atomic E-state index is -0.829. The van der Waals surface area contributed by atoms with Crippen LogP contribution in [0.3, 0.4) is 0 Å². The zero-order valence-electron chi connectivity index (χ0n) is 9.01. The van der Waals surface area contributed by atoms with E-state index in [4.69, 9.17) is 0 Å². The first-order valence-corrected chi connectivity index (χ1v) is 5.60. The maximum Gasteiger partial charge on any atom is 0.311 e. The van der Waals surface area contributed by atoms with Crippen LogP contribution in [0.15, 0.2) is 11.7 Å². The summed E-state index contributed by atoms with van der Waals surface area (Å²) >= 11 is 1.34. The Labute approximate surface area is 92.9 Å². The molecule has 15 heavy (non-hydrogen) atoms. The summed E-state index contributed by atoms with van der Waals surface area (Å²) in [4.78, 5) is 16.1. The van der Waals surface area contributed by atoms with E-state index in [9.17, 15) is 9.90 Å². The second-order valence-corrected chi connectivity index (χ2v) is 4.56. The van der Waals surface area contributed by atoms with E-state index >= 15 is 0 Å². The number of aliphatic hydroxyl groups excluding tert-OH is 1. The molecular weight excluding hydrogens is 214 g/mol. The van der Waals surface area contributed by atoms with E-state index in [1.165, 1.54) is 18.4 Å². The maximum absolute atomic E-state index is 11.5. The summed E-state index contributed by atoms with van der Waals surface area (Å²) in [5, 5.41) is 10.0. The lowest BCUT2D eigenvalue weighted by Crippen LogP contribution is -2.27. The molecule has 1 aromatic heterocycles. The molecule has 1 heterocycles. The molecule has 2 atom stereocenters. The fraction of sp³-hybridized carbons (Fsp3) is 0.600. The van der Waals surface area contributed by atoms with Crippen LogP contribution in [0.4, 0.5) is 0 Å². The van der Waals surface area contributed by atoms with Gasteiger partial charge in [-0.05, 0) is 5.92 Å². The van der Waals surface area contributed by atoms with Crippen LogP contribution >= 0.6 is 11.3 Å². The molecule has 0 aliphatic heterocycles. The molecule has 2 unspecified atom stereocenters. The van der Waals surface area contributed by atoms with E-state index < -0.39 is 12.0 Å². The van der Waals surface area contributed by atoms with Gasteiger partial charge in [0, 0.05) is 6.20 Å². The number of ether oxygens (including phenoxy) is 1. The van der Waals surface area contributed by atoms with Gasteiger partial charge in [-0.2, -0.15) is 0 Å². The molecule has 0 amide bonds. The second kappa shape index (κ2) is 5.23. The molecule has 0 bridgehead atoms. The predicted octanol–water partition coefficient (Wildman–Crippen LogP) is 1.62. The molecule has 0 aromatic carbocycles. The van der Waals surface area contributed by atoms with Gasteiger partial charge < -0.3 is 9.84 Å². The van der Waals surface area contributed by atoms with Crippen LogP contribution in [0, 0.1) is 11.8 Å². The van der Waals surface area contributed by atoms with Crippen molar-refractivity contribution in [3.05, 3.63) is 16.6 Å². The van der Waals surface area contributed by atoms with Gasteiger partial charge in [-0.25, -0.2) is 0 Å². The van der Waals surface area contributed by atoms with Gasteiger partial charge in [-0.15, -0.1) is 11.3 Å². The van der Waals surface area contributed by atoms with Crippen molar-refractivity contribution < 1.29 is 14.6 Å². The van der Waals surface area contributed by atoms with E-state index in [1.54, 1.807) is 11.7 Å². The summed E-state index contributed by atoms with van der Waals surface area (Å²) < 4.78 is 4.68. The van der Waals surface area contributed by atoms with E-state index in [1.807, 2.05) is 13.8 Å². The van der Waals surface area contributed by atoms with Crippen molar-refractivity contribution in [2.45, 2.75) is 20.0 Å². The first kappa shape index (κ1) is 12.1. The van der Waals surface area contributed by atoms with Gasteiger partial charge in [0.25, 0.3) is 0 Å². The maximum atomic E-state index is 11.5. The molecule has 84 valence electrons.